The molecule has 8 heteroatoms. The number of aromatic nitrogens is 2. The molecule has 1 amide bonds. The maximum absolute atomic E-state index is 13.4. The molecular formula is C25H29N3O5. The molecule has 1 aliphatic heterocycles. The summed E-state index contributed by atoms with van der Waals surface area (Å²) in [6, 6.07) is 10.3. The molecule has 1 aliphatic rings. The first-order valence-corrected chi connectivity index (χ1v) is 11.0. The molecule has 0 radical (unpaired) electrons. The van der Waals surface area contributed by atoms with E-state index in [2.05, 4.69) is 17.1 Å². The largest absolute Gasteiger partial charge is 0.507 e. The highest BCUT2D eigenvalue weighted by Crippen LogP contribution is 2.48. The average Bonchev–Trinajstić information content (AvgIpc) is 3.37. The maximum atomic E-state index is 13.4. The van der Waals surface area contributed by atoms with Crippen molar-refractivity contribution in [2.24, 2.45) is 0 Å². The summed E-state index contributed by atoms with van der Waals surface area (Å²) in [5.41, 5.74) is 3.09. The van der Waals surface area contributed by atoms with Crippen molar-refractivity contribution in [2.75, 3.05) is 27.9 Å². The highest BCUT2D eigenvalue weighted by Gasteiger charge is 2.42. The van der Waals surface area contributed by atoms with Gasteiger partial charge in [0.25, 0.3) is 5.91 Å². The number of ether oxygens (including phenoxy) is 3. The van der Waals surface area contributed by atoms with Crippen molar-refractivity contribution >= 4 is 5.91 Å². The van der Waals surface area contributed by atoms with Gasteiger partial charge in [0.05, 0.1) is 27.4 Å². The molecule has 3 aromatic rings. The van der Waals surface area contributed by atoms with Gasteiger partial charge >= 0.3 is 0 Å². The number of hydrogen-bond acceptors (Lipinski definition) is 6. The van der Waals surface area contributed by atoms with Gasteiger partial charge in [-0.15, -0.1) is 0 Å². The van der Waals surface area contributed by atoms with E-state index in [-0.39, 0.29) is 11.7 Å². The Morgan fingerprint density at radius 3 is 2.36 bits per heavy atom. The summed E-state index contributed by atoms with van der Waals surface area (Å²) in [7, 11) is 4.69. The number of carbonyl (C=O) groups is 1. The zero-order chi connectivity index (χ0) is 23.5. The van der Waals surface area contributed by atoms with Gasteiger partial charge in [-0.2, -0.15) is 5.10 Å². The van der Waals surface area contributed by atoms with Crippen LogP contribution in [-0.4, -0.2) is 54.0 Å². The number of nitrogens with one attached hydrogen (secondary N) is 1. The summed E-state index contributed by atoms with van der Waals surface area (Å²) in [5, 5.41) is 17.8. The normalized spacial score (nSPS) is 15.0. The molecule has 2 heterocycles. The number of nitrogens with zero attached hydrogens (tertiary/aromatic N) is 2. The second-order valence-electron chi connectivity index (χ2n) is 7.94. The van der Waals surface area contributed by atoms with E-state index >= 15 is 0 Å². The van der Waals surface area contributed by atoms with E-state index in [4.69, 9.17) is 14.2 Å². The quantitative estimate of drug-likeness (QED) is 0.464. The Hall–Kier alpha value is -3.68. The molecule has 2 aromatic carbocycles. The molecule has 0 saturated carbocycles. The number of phenolic OH excluding ortho intramolecular Hbond substituents is 1. The molecule has 4 rings (SSSR count). The smallest absolute Gasteiger partial charge is 0.273 e. The van der Waals surface area contributed by atoms with Gasteiger partial charge in [0.2, 0.25) is 5.75 Å². The number of amides is 1. The first-order chi connectivity index (χ1) is 16.0. The van der Waals surface area contributed by atoms with E-state index in [0.717, 1.165) is 30.4 Å². The number of carbonyl (C=O) groups excluding carboxylic acids is 1. The molecule has 33 heavy (non-hydrogen) atoms. The molecule has 1 atom stereocenters. The van der Waals surface area contributed by atoms with Crippen LogP contribution >= 0.6 is 0 Å². The third-order valence-electron chi connectivity index (χ3n) is 6.03. The van der Waals surface area contributed by atoms with E-state index in [1.165, 1.54) is 0 Å². The van der Waals surface area contributed by atoms with Crippen molar-refractivity contribution in [2.45, 2.75) is 32.2 Å². The number of rotatable bonds is 9. The molecule has 8 nitrogen and oxygen atoms in total. The van der Waals surface area contributed by atoms with E-state index < -0.39 is 6.04 Å². The second kappa shape index (κ2) is 9.44. The Balaban J connectivity index is 1.91. The van der Waals surface area contributed by atoms with Crippen molar-refractivity contribution in [3.8, 4) is 34.3 Å². The summed E-state index contributed by atoms with van der Waals surface area (Å²) < 4.78 is 16.6. The third kappa shape index (κ3) is 3.86. The Morgan fingerprint density at radius 2 is 1.76 bits per heavy atom. The zero-order valence-corrected chi connectivity index (χ0v) is 19.3. The van der Waals surface area contributed by atoms with Crippen molar-refractivity contribution < 1.29 is 24.1 Å². The average molecular weight is 452 g/mol. The SMILES string of the molecule is CCCCCN1C(=O)c2[nH]nc(-c3ccccc3O)c2C1c1cc(OC)c(OC)c(OC)c1. The Labute approximate surface area is 193 Å². The number of benzene rings is 2. The fraction of sp³-hybridized carbons (Fsp3) is 0.360. The minimum absolute atomic E-state index is 0.104. The third-order valence-corrected chi connectivity index (χ3v) is 6.03. The van der Waals surface area contributed by atoms with Gasteiger partial charge in [-0.3, -0.25) is 9.89 Å². The summed E-state index contributed by atoms with van der Waals surface area (Å²) in [6.45, 7) is 2.72. The molecule has 0 bridgehead atoms. The van der Waals surface area contributed by atoms with Gasteiger partial charge < -0.3 is 24.2 Å². The lowest BCUT2D eigenvalue weighted by Crippen LogP contribution is -2.30. The van der Waals surface area contributed by atoms with Crippen LogP contribution in [0.3, 0.4) is 0 Å². The summed E-state index contributed by atoms with van der Waals surface area (Å²) >= 11 is 0. The summed E-state index contributed by atoms with van der Waals surface area (Å²) in [5.74, 6) is 1.49. The fourth-order valence-electron chi connectivity index (χ4n) is 4.44. The number of hydrogen-bond donors (Lipinski definition) is 2. The molecule has 0 aliphatic carbocycles. The first-order valence-electron chi connectivity index (χ1n) is 11.0. The van der Waals surface area contributed by atoms with Crippen molar-refractivity contribution in [1.29, 1.82) is 0 Å². The van der Waals surface area contributed by atoms with Gasteiger partial charge in [-0.25, -0.2) is 0 Å². The van der Waals surface area contributed by atoms with Crippen molar-refractivity contribution in [1.82, 2.24) is 15.1 Å². The summed E-state index contributed by atoms with van der Waals surface area (Å²) in [6.07, 6.45) is 2.95. The number of methoxy groups -OCH3 is 3. The number of fused-ring (bicyclic) bond motifs is 1. The molecular weight excluding hydrogens is 422 g/mol. The number of aromatic hydroxyl groups is 1. The fourth-order valence-corrected chi connectivity index (χ4v) is 4.44. The number of phenols is 1. The predicted molar refractivity (Wildman–Crippen MR) is 124 cm³/mol. The predicted octanol–water partition coefficient (Wildman–Crippen LogP) is 4.54. The molecule has 174 valence electrons. The molecule has 0 fully saturated rings. The van der Waals surface area contributed by atoms with E-state index in [9.17, 15) is 9.90 Å². The van der Waals surface area contributed by atoms with Gasteiger partial charge in [-0.05, 0) is 36.2 Å². The topological polar surface area (TPSA) is 96.9 Å². The second-order valence-corrected chi connectivity index (χ2v) is 7.94. The van der Waals surface area contributed by atoms with Gasteiger partial charge in [0.1, 0.15) is 17.1 Å². The van der Waals surface area contributed by atoms with E-state index in [1.807, 2.05) is 23.1 Å². The van der Waals surface area contributed by atoms with Gasteiger partial charge in [-0.1, -0.05) is 31.9 Å². The highest BCUT2D eigenvalue weighted by atomic mass is 16.5. The lowest BCUT2D eigenvalue weighted by molar-refractivity contribution is 0.0740. The summed E-state index contributed by atoms with van der Waals surface area (Å²) in [4.78, 5) is 15.3. The van der Waals surface area contributed by atoms with Crippen molar-refractivity contribution in [3.63, 3.8) is 0 Å². The van der Waals surface area contributed by atoms with Crippen molar-refractivity contribution in [3.05, 3.63) is 53.2 Å². The number of aromatic amines is 1. The Bertz CT molecular complexity index is 1130. The van der Waals surface area contributed by atoms with Crippen LogP contribution in [-0.2, 0) is 0 Å². The number of H-pyrrole nitrogens is 1. The molecule has 2 N–H and O–H groups in total. The van der Waals surface area contributed by atoms with Crippen LogP contribution in [0.2, 0.25) is 0 Å². The standard InChI is InChI=1S/C25H29N3O5/c1-5-6-9-12-28-23(15-13-18(31-2)24(33-4)19(14-15)32-3)20-21(26-27-22(20)25(28)30)16-10-7-8-11-17(16)29/h7-8,10-11,13-14,23,29H,5-6,9,12H2,1-4H3,(H,26,27). The minimum Gasteiger partial charge on any atom is -0.507 e. The molecule has 1 aromatic heterocycles. The Kier molecular flexibility index (Phi) is 6.44. The number of para-hydroxylation sites is 1. The monoisotopic (exact) mass is 451 g/mol. The molecule has 0 saturated heterocycles. The van der Waals surface area contributed by atoms with Gasteiger partial charge in [0.15, 0.2) is 11.5 Å². The van der Waals surface area contributed by atoms with E-state index in [1.54, 1.807) is 39.5 Å². The lowest BCUT2D eigenvalue weighted by atomic mass is 9.95. The van der Waals surface area contributed by atoms with Crippen LogP contribution in [0, 0.1) is 0 Å². The van der Waals surface area contributed by atoms with Crippen LogP contribution in [0.4, 0.5) is 0 Å². The molecule has 0 spiro atoms. The lowest BCUT2D eigenvalue weighted by Gasteiger charge is -2.27. The van der Waals surface area contributed by atoms with Crippen LogP contribution in [0.1, 0.15) is 53.8 Å². The zero-order valence-electron chi connectivity index (χ0n) is 19.3. The van der Waals surface area contributed by atoms with Gasteiger partial charge in [0, 0.05) is 17.7 Å². The van der Waals surface area contributed by atoms with Crippen LogP contribution in [0.15, 0.2) is 36.4 Å². The maximum Gasteiger partial charge on any atom is 0.273 e. The minimum atomic E-state index is -0.425. The number of unbranched alkanes of at least 4 members (excludes halogenated alkanes) is 2. The van der Waals surface area contributed by atoms with E-state index in [0.29, 0.717) is 40.7 Å². The highest BCUT2D eigenvalue weighted by molar-refractivity contribution is 6.00. The first kappa shape index (κ1) is 22.5. The van der Waals surface area contributed by atoms with Crippen LogP contribution < -0.4 is 14.2 Å². The molecule has 1 unspecified atom stereocenters. The Morgan fingerprint density at radius 1 is 1.06 bits per heavy atom. The van der Waals surface area contributed by atoms with Crippen LogP contribution in [0.5, 0.6) is 23.0 Å². The van der Waals surface area contributed by atoms with Crippen LogP contribution in [0.25, 0.3) is 11.3 Å².